The molecule has 0 bridgehead atoms. The second kappa shape index (κ2) is 10.1. The van der Waals surface area contributed by atoms with Crippen molar-refractivity contribution in [3.05, 3.63) is 83.2 Å². The molecule has 0 amide bonds. The summed E-state index contributed by atoms with van der Waals surface area (Å²) < 4.78 is 7.74. The molecule has 2 aromatic carbocycles. The van der Waals surface area contributed by atoms with Crippen LogP contribution in [0.2, 0.25) is 0 Å². The lowest BCUT2D eigenvalue weighted by molar-refractivity contribution is 0.0637. The van der Waals surface area contributed by atoms with Gasteiger partial charge in [-0.2, -0.15) is 5.10 Å². The van der Waals surface area contributed by atoms with Gasteiger partial charge in [0.15, 0.2) is 0 Å². The second-order valence-electron chi connectivity index (χ2n) is 8.56. The molecule has 0 aliphatic carbocycles. The topological polar surface area (TPSA) is 53.8 Å². The summed E-state index contributed by atoms with van der Waals surface area (Å²) in [6.45, 7) is 4.46. The molecule has 1 aliphatic rings. The van der Waals surface area contributed by atoms with Crippen LogP contribution in [0.1, 0.15) is 22.3 Å². The lowest BCUT2D eigenvalue weighted by Gasteiger charge is -2.30. The average molecular weight is 421 g/mol. The van der Waals surface area contributed by atoms with Crippen molar-refractivity contribution in [3.8, 4) is 5.75 Å². The Morgan fingerprint density at radius 3 is 2.71 bits per heavy atom. The fourth-order valence-electron chi connectivity index (χ4n) is 4.22. The maximum atomic E-state index is 10.5. The van der Waals surface area contributed by atoms with Crippen LogP contribution >= 0.6 is 0 Å². The third-order valence-corrected chi connectivity index (χ3v) is 5.68. The van der Waals surface area contributed by atoms with Gasteiger partial charge < -0.3 is 9.84 Å². The SMILES string of the molecule is CN(Cc1cccc(OCC(O)CN2CCc3ccccc3C2)c1)Cc1cnn(C)c1. The van der Waals surface area contributed by atoms with Gasteiger partial charge in [0, 0.05) is 51.5 Å². The molecule has 164 valence electrons. The predicted octanol–water partition coefficient (Wildman–Crippen LogP) is 2.85. The predicted molar refractivity (Wildman–Crippen MR) is 122 cm³/mol. The van der Waals surface area contributed by atoms with E-state index >= 15 is 0 Å². The van der Waals surface area contributed by atoms with E-state index in [9.17, 15) is 5.11 Å². The molecule has 4 rings (SSSR count). The highest BCUT2D eigenvalue weighted by Gasteiger charge is 2.18. The average Bonchev–Trinajstić information content (AvgIpc) is 3.16. The standard InChI is InChI=1S/C25H32N4O2/c1-27(15-21-13-26-28(2)16-21)14-20-6-5-9-25(12-20)31-19-24(30)18-29-11-10-22-7-3-4-8-23(22)17-29/h3-9,12-13,16,24,30H,10-11,14-15,17-19H2,1-2H3. The molecular weight excluding hydrogens is 388 g/mol. The largest absolute Gasteiger partial charge is 0.491 e. The lowest BCUT2D eigenvalue weighted by atomic mass is 10.00. The molecule has 6 nitrogen and oxygen atoms in total. The summed E-state index contributed by atoms with van der Waals surface area (Å²) in [7, 11) is 4.03. The zero-order chi connectivity index (χ0) is 21.6. The van der Waals surface area contributed by atoms with Crippen LogP contribution in [0.25, 0.3) is 0 Å². The van der Waals surface area contributed by atoms with Crippen LogP contribution in [0, 0.1) is 0 Å². The van der Waals surface area contributed by atoms with Crippen molar-refractivity contribution in [2.45, 2.75) is 32.2 Å². The Balaban J connectivity index is 1.24. The zero-order valence-corrected chi connectivity index (χ0v) is 18.4. The summed E-state index contributed by atoms with van der Waals surface area (Å²) in [5.74, 6) is 0.801. The summed E-state index contributed by atoms with van der Waals surface area (Å²) >= 11 is 0. The Bertz CT molecular complexity index is 987. The molecule has 0 radical (unpaired) electrons. The van der Waals surface area contributed by atoms with Crippen molar-refractivity contribution >= 4 is 0 Å². The van der Waals surface area contributed by atoms with Crippen LogP contribution in [0.15, 0.2) is 60.9 Å². The van der Waals surface area contributed by atoms with Crippen LogP contribution in [-0.2, 0) is 33.1 Å². The normalized spacial score (nSPS) is 15.1. The van der Waals surface area contributed by atoms with Gasteiger partial charge in [-0.25, -0.2) is 0 Å². The van der Waals surface area contributed by atoms with Crippen LogP contribution in [0.5, 0.6) is 5.75 Å². The van der Waals surface area contributed by atoms with Crippen LogP contribution < -0.4 is 4.74 Å². The highest BCUT2D eigenvalue weighted by molar-refractivity contribution is 5.29. The molecule has 1 atom stereocenters. The van der Waals surface area contributed by atoms with Gasteiger partial charge in [0.25, 0.3) is 0 Å². The molecule has 2 heterocycles. The fourth-order valence-corrected chi connectivity index (χ4v) is 4.22. The van der Waals surface area contributed by atoms with E-state index in [1.165, 1.54) is 22.3 Å². The summed E-state index contributed by atoms with van der Waals surface area (Å²) in [5.41, 5.74) is 5.17. The number of aromatic nitrogens is 2. The molecular formula is C25H32N4O2. The molecule has 0 saturated heterocycles. The first-order valence-electron chi connectivity index (χ1n) is 10.9. The third-order valence-electron chi connectivity index (χ3n) is 5.68. The number of fused-ring (bicyclic) bond motifs is 1. The van der Waals surface area contributed by atoms with Crippen LogP contribution in [0.4, 0.5) is 0 Å². The maximum absolute atomic E-state index is 10.5. The number of benzene rings is 2. The summed E-state index contributed by atoms with van der Waals surface area (Å²) in [5, 5.41) is 14.7. The minimum atomic E-state index is -0.512. The molecule has 1 aromatic heterocycles. The van der Waals surface area contributed by atoms with Gasteiger partial charge in [0.1, 0.15) is 18.5 Å². The number of hydrogen-bond donors (Lipinski definition) is 1. The minimum absolute atomic E-state index is 0.299. The van der Waals surface area contributed by atoms with Crippen LogP contribution in [0.3, 0.4) is 0 Å². The maximum Gasteiger partial charge on any atom is 0.119 e. The molecule has 1 N–H and O–H groups in total. The van der Waals surface area contributed by atoms with Gasteiger partial charge in [-0.3, -0.25) is 14.5 Å². The van der Waals surface area contributed by atoms with E-state index in [4.69, 9.17) is 4.74 Å². The number of aliphatic hydroxyl groups is 1. The summed E-state index contributed by atoms with van der Waals surface area (Å²) in [6, 6.07) is 16.7. The van der Waals surface area contributed by atoms with Crippen molar-refractivity contribution in [2.24, 2.45) is 7.05 Å². The van der Waals surface area contributed by atoms with Crippen molar-refractivity contribution in [1.82, 2.24) is 19.6 Å². The number of aliphatic hydroxyl groups excluding tert-OH is 1. The zero-order valence-electron chi connectivity index (χ0n) is 18.4. The van der Waals surface area contributed by atoms with Crippen molar-refractivity contribution in [2.75, 3.05) is 26.7 Å². The van der Waals surface area contributed by atoms with E-state index < -0.39 is 6.10 Å². The Morgan fingerprint density at radius 1 is 1.10 bits per heavy atom. The van der Waals surface area contributed by atoms with E-state index in [0.717, 1.165) is 38.3 Å². The van der Waals surface area contributed by atoms with Crippen molar-refractivity contribution in [1.29, 1.82) is 0 Å². The van der Waals surface area contributed by atoms with Gasteiger partial charge >= 0.3 is 0 Å². The second-order valence-corrected chi connectivity index (χ2v) is 8.56. The Hall–Kier alpha value is -2.67. The smallest absolute Gasteiger partial charge is 0.119 e. The molecule has 1 aliphatic heterocycles. The summed E-state index contributed by atoms with van der Waals surface area (Å²) in [6.07, 6.45) is 4.47. The van der Waals surface area contributed by atoms with Gasteiger partial charge in [-0.05, 0) is 42.3 Å². The molecule has 3 aromatic rings. The van der Waals surface area contributed by atoms with Gasteiger partial charge in [-0.1, -0.05) is 36.4 Å². The Labute approximate surface area is 184 Å². The van der Waals surface area contributed by atoms with Gasteiger partial charge in [0.2, 0.25) is 0 Å². The van der Waals surface area contributed by atoms with E-state index in [2.05, 4.69) is 58.3 Å². The fraction of sp³-hybridized carbons (Fsp3) is 0.400. The first kappa shape index (κ1) is 21.6. The number of ether oxygens (including phenoxy) is 1. The van der Waals surface area contributed by atoms with E-state index in [1.807, 2.05) is 36.3 Å². The van der Waals surface area contributed by atoms with Gasteiger partial charge in [0.05, 0.1) is 6.20 Å². The molecule has 1 unspecified atom stereocenters. The van der Waals surface area contributed by atoms with Crippen LogP contribution in [-0.4, -0.2) is 57.5 Å². The Kier molecular flexibility index (Phi) is 7.02. The third kappa shape index (κ3) is 6.17. The minimum Gasteiger partial charge on any atom is -0.491 e. The Morgan fingerprint density at radius 2 is 1.90 bits per heavy atom. The summed E-state index contributed by atoms with van der Waals surface area (Å²) in [4.78, 5) is 4.55. The first-order chi connectivity index (χ1) is 15.0. The molecule has 0 saturated carbocycles. The lowest BCUT2D eigenvalue weighted by Crippen LogP contribution is -2.38. The molecule has 31 heavy (non-hydrogen) atoms. The molecule has 6 heteroatoms. The number of nitrogens with zero attached hydrogens (tertiary/aromatic N) is 4. The van der Waals surface area contributed by atoms with E-state index in [1.54, 1.807) is 0 Å². The van der Waals surface area contributed by atoms with Crippen molar-refractivity contribution < 1.29 is 9.84 Å². The highest BCUT2D eigenvalue weighted by atomic mass is 16.5. The van der Waals surface area contributed by atoms with E-state index in [-0.39, 0.29) is 0 Å². The van der Waals surface area contributed by atoms with Crippen molar-refractivity contribution in [3.63, 3.8) is 0 Å². The van der Waals surface area contributed by atoms with Gasteiger partial charge in [-0.15, -0.1) is 0 Å². The number of rotatable bonds is 9. The first-order valence-corrected chi connectivity index (χ1v) is 10.9. The van der Waals surface area contributed by atoms with E-state index in [0.29, 0.717) is 13.2 Å². The quantitative estimate of drug-likeness (QED) is 0.577. The number of β-amino-alcohol motifs (C(OH)–C–C–N with tert-alkyl or cyclic N) is 1. The molecule has 0 spiro atoms. The number of hydrogen-bond acceptors (Lipinski definition) is 5. The molecule has 0 fully saturated rings. The number of aryl methyl sites for hydroxylation is 1. The monoisotopic (exact) mass is 420 g/mol. The highest BCUT2D eigenvalue weighted by Crippen LogP contribution is 2.19.